The molecule has 2 aromatic rings. The Labute approximate surface area is 128 Å². The van der Waals surface area contributed by atoms with Crippen LogP contribution in [0.2, 0.25) is 0 Å². The van der Waals surface area contributed by atoms with Crippen molar-refractivity contribution in [2.75, 3.05) is 0 Å². The normalized spacial score (nSPS) is 20.8. The summed E-state index contributed by atoms with van der Waals surface area (Å²) in [6.07, 6.45) is 9.33. The second-order valence-electron chi connectivity index (χ2n) is 6.13. The predicted octanol–water partition coefficient (Wildman–Crippen LogP) is 3.79. The monoisotopic (exact) mass is 298 g/mol. The van der Waals surface area contributed by atoms with E-state index in [4.69, 9.17) is 4.74 Å². The molecular formula is C17H18N2O3. The van der Waals surface area contributed by atoms with Crippen molar-refractivity contribution in [3.05, 3.63) is 35.8 Å². The number of hydrogen-bond acceptors (Lipinski definition) is 3. The number of aromatic carboxylic acids is 1. The van der Waals surface area contributed by atoms with Crippen LogP contribution < -0.4 is 4.74 Å². The summed E-state index contributed by atoms with van der Waals surface area (Å²) in [5.41, 5.74) is 2.96. The van der Waals surface area contributed by atoms with Crippen molar-refractivity contribution in [3.63, 3.8) is 0 Å². The van der Waals surface area contributed by atoms with Crippen molar-refractivity contribution in [1.29, 1.82) is 0 Å². The minimum Gasteiger partial charge on any atom is -0.483 e. The number of rotatable bonds is 2. The molecule has 22 heavy (non-hydrogen) atoms. The summed E-state index contributed by atoms with van der Waals surface area (Å²) in [7, 11) is 0. The zero-order chi connectivity index (χ0) is 15.1. The molecule has 1 saturated carbocycles. The molecule has 2 aromatic heterocycles. The van der Waals surface area contributed by atoms with Gasteiger partial charge in [0.15, 0.2) is 0 Å². The molecule has 1 unspecified atom stereocenters. The minimum atomic E-state index is -0.938. The average molecular weight is 298 g/mol. The van der Waals surface area contributed by atoms with Crippen LogP contribution in [0.4, 0.5) is 0 Å². The van der Waals surface area contributed by atoms with E-state index in [2.05, 4.69) is 9.97 Å². The van der Waals surface area contributed by atoms with Crippen LogP contribution >= 0.6 is 0 Å². The van der Waals surface area contributed by atoms with Crippen LogP contribution in [0.25, 0.3) is 11.3 Å². The van der Waals surface area contributed by atoms with Crippen molar-refractivity contribution in [3.8, 4) is 17.0 Å². The van der Waals surface area contributed by atoms with Crippen LogP contribution in [0.1, 0.15) is 54.3 Å². The van der Waals surface area contributed by atoms with Gasteiger partial charge < -0.3 is 14.8 Å². The maximum Gasteiger partial charge on any atom is 0.352 e. The Morgan fingerprint density at radius 1 is 1.32 bits per heavy atom. The van der Waals surface area contributed by atoms with E-state index < -0.39 is 5.97 Å². The molecule has 1 fully saturated rings. The molecule has 1 aliphatic heterocycles. The molecular weight excluding hydrogens is 280 g/mol. The van der Waals surface area contributed by atoms with Crippen molar-refractivity contribution >= 4 is 5.97 Å². The van der Waals surface area contributed by atoms with E-state index in [1.807, 2.05) is 6.07 Å². The summed E-state index contributed by atoms with van der Waals surface area (Å²) in [6, 6.07) is 3.60. The number of pyridine rings is 1. The fourth-order valence-electron chi connectivity index (χ4n) is 3.70. The lowest BCUT2D eigenvalue weighted by Crippen LogP contribution is -2.24. The molecule has 2 N–H and O–H groups in total. The SMILES string of the molecule is O=C(O)c1cc2c([nH]1)-c1ccncc1OC2C1CCCCC1. The number of nitrogens with one attached hydrogen (secondary N) is 1. The van der Waals surface area contributed by atoms with Gasteiger partial charge in [-0.15, -0.1) is 0 Å². The van der Waals surface area contributed by atoms with E-state index in [1.165, 1.54) is 19.3 Å². The molecule has 0 aromatic carbocycles. The zero-order valence-electron chi connectivity index (χ0n) is 12.2. The Kier molecular flexibility index (Phi) is 3.13. The van der Waals surface area contributed by atoms with Crippen LogP contribution in [0.3, 0.4) is 0 Å². The fraction of sp³-hybridized carbons (Fsp3) is 0.412. The van der Waals surface area contributed by atoms with Crippen LogP contribution in [-0.2, 0) is 0 Å². The predicted molar refractivity (Wildman–Crippen MR) is 80.9 cm³/mol. The average Bonchev–Trinajstić information content (AvgIpc) is 3.01. The highest BCUT2D eigenvalue weighted by atomic mass is 16.5. The number of carboxylic acids is 1. The van der Waals surface area contributed by atoms with E-state index >= 15 is 0 Å². The first kappa shape index (κ1) is 13.4. The van der Waals surface area contributed by atoms with Crippen molar-refractivity contribution < 1.29 is 14.6 Å². The Hall–Kier alpha value is -2.30. The van der Waals surface area contributed by atoms with E-state index in [1.54, 1.807) is 18.5 Å². The molecule has 5 nitrogen and oxygen atoms in total. The largest absolute Gasteiger partial charge is 0.483 e. The number of fused-ring (bicyclic) bond motifs is 3. The Morgan fingerprint density at radius 3 is 2.91 bits per heavy atom. The number of nitrogens with zero attached hydrogens (tertiary/aromatic N) is 1. The van der Waals surface area contributed by atoms with E-state index in [0.29, 0.717) is 5.92 Å². The molecule has 0 amide bonds. The molecule has 0 saturated heterocycles. The van der Waals surface area contributed by atoms with Crippen LogP contribution in [-0.4, -0.2) is 21.0 Å². The van der Waals surface area contributed by atoms with Crippen LogP contribution in [0, 0.1) is 5.92 Å². The zero-order valence-corrected chi connectivity index (χ0v) is 12.2. The van der Waals surface area contributed by atoms with Crippen molar-refractivity contribution in [2.24, 2.45) is 5.92 Å². The number of ether oxygens (including phenoxy) is 1. The first-order valence-corrected chi connectivity index (χ1v) is 7.81. The maximum atomic E-state index is 11.3. The summed E-state index contributed by atoms with van der Waals surface area (Å²) in [5, 5.41) is 9.29. The third-order valence-corrected chi connectivity index (χ3v) is 4.77. The third-order valence-electron chi connectivity index (χ3n) is 4.77. The number of hydrogen-bond donors (Lipinski definition) is 2. The molecule has 1 aliphatic carbocycles. The lowest BCUT2D eigenvalue weighted by atomic mass is 9.81. The lowest BCUT2D eigenvalue weighted by Gasteiger charge is -2.34. The molecule has 5 heteroatoms. The molecule has 4 rings (SSSR count). The second kappa shape index (κ2) is 5.16. The van der Waals surface area contributed by atoms with Gasteiger partial charge in [0.25, 0.3) is 0 Å². The Bertz CT molecular complexity index is 716. The van der Waals surface area contributed by atoms with E-state index in [9.17, 15) is 9.90 Å². The van der Waals surface area contributed by atoms with Crippen molar-refractivity contribution in [2.45, 2.75) is 38.2 Å². The summed E-state index contributed by atoms with van der Waals surface area (Å²) < 4.78 is 6.22. The van der Waals surface area contributed by atoms with Gasteiger partial charge in [-0.2, -0.15) is 0 Å². The fourth-order valence-corrected chi connectivity index (χ4v) is 3.70. The van der Waals surface area contributed by atoms with Gasteiger partial charge in [-0.05, 0) is 25.0 Å². The van der Waals surface area contributed by atoms with Crippen molar-refractivity contribution in [1.82, 2.24) is 9.97 Å². The van der Waals surface area contributed by atoms with Crippen LogP contribution in [0.15, 0.2) is 24.5 Å². The number of aromatic nitrogens is 2. The highest BCUT2D eigenvalue weighted by Crippen LogP contribution is 2.47. The quantitative estimate of drug-likeness (QED) is 0.884. The minimum absolute atomic E-state index is 0.0728. The standard InChI is InChI=1S/C17H18N2O3/c20-17(21)13-8-12-15(19-13)11-6-7-18-9-14(11)22-16(12)10-4-2-1-3-5-10/h6-10,16,19H,1-5H2,(H,20,21). The van der Waals surface area contributed by atoms with Gasteiger partial charge in [0.1, 0.15) is 17.5 Å². The molecule has 114 valence electrons. The summed E-state index contributed by atoms with van der Waals surface area (Å²) in [6.45, 7) is 0. The Balaban J connectivity index is 1.82. The third kappa shape index (κ3) is 2.08. The summed E-state index contributed by atoms with van der Waals surface area (Å²) in [5.74, 6) is 0.245. The van der Waals surface area contributed by atoms with Gasteiger partial charge >= 0.3 is 5.97 Å². The summed E-state index contributed by atoms with van der Waals surface area (Å²) >= 11 is 0. The Morgan fingerprint density at radius 2 is 2.14 bits per heavy atom. The van der Waals surface area contributed by atoms with Gasteiger partial charge in [-0.3, -0.25) is 4.98 Å². The van der Waals surface area contributed by atoms with Gasteiger partial charge in [-0.1, -0.05) is 19.3 Å². The maximum absolute atomic E-state index is 11.3. The molecule has 2 aliphatic rings. The van der Waals surface area contributed by atoms with Gasteiger partial charge in [0, 0.05) is 23.2 Å². The number of aromatic amines is 1. The first-order chi connectivity index (χ1) is 10.7. The molecule has 0 spiro atoms. The van der Waals surface area contributed by atoms with E-state index in [-0.39, 0.29) is 11.8 Å². The topological polar surface area (TPSA) is 75.2 Å². The lowest BCUT2D eigenvalue weighted by molar-refractivity contribution is 0.0691. The van der Waals surface area contributed by atoms with Crippen LogP contribution in [0.5, 0.6) is 5.75 Å². The smallest absolute Gasteiger partial charge is 0.352 e. The van der Waals surface area contributed by atoms with Gasteiger partial charge in [0.2, 0.25) is 0 Å². The second-order valence-corrected chi connectivity index (χ2v) is 6.13. The number of H-pyrrole nitrogens is 1. The summed E-state index contributed by atoms with van der Waals surface area (Å²) in [4.78, 5) is 18.5. The van der Waals surface area contributed by atoms with E-state index in [0.717, 1.165) is 35.4 Å². The van der Waals surface area contributed by atoms with Gasteiger partial charge in [0.05, 0.1) is 11.9 Å². The molecule has 1 atom stereocenters. The highest BCUT2D eigenvalue weighted by molar-refractivity contribution is 5.88. The molecule has 0 bridgehead atoms. The number of carbonyl (C=O) groups is 1. The highest BCUT2D eigenvalue weighted by Gasteiger charge is 2.35. The molecule has 3 heterocycles. The van der Waals surface area contributed by atoms with Gasteiger partial charge in [-0.25, -0.2) is 4.79 Å². The first-order valence-electron chi connectivity index (χ1n) is 7.81. The number of carboxylic acid groups (broad SMARTS) is 1. The molecule has 0 radical (unpaired) electrons.